The molecule has 8 nitrogen and oxygen atoms in total. The molecule has 2 amide bonds. The number of nitrogens with zero attached hydrogens (tertiary/aromatic N) is 2. The fourth-order valence-electron chi connectivity index (χ4n) is 2.87. The van der Waals surface area contributed by atoms with Gasteiger partial charge in [-0.1, -0.05) is 13.8 Å². The molecule has 1 N–H and O–H groups in total. The number of non-ortho nitro benzene ring substituents is 1. The molecule has 25 heavy (non-hydrogen) atoms. The quantitative estimate of drug-likeness (QED) is 0.650. The minimum Gasteiger partial charge on any atom is -0.495 e. The summed E-state index contributed by atoms with van der Waals surface area (Å²) in [6.07, 6.45) is 1.14. The Hall–Kier alpha value is -2.64. The maximum absolute atomic E-state index is 12.5. The standard InChI is InChI=1S/C17H23N3O5/c1-11(2)17(22)19-8-6-12(7-9-19)16(21)18-14-10-13(20(23)24)4-5-15(14)25-3/h4-5,10-12H,6-9H2,1-3H3,(H,18,21). The Bertz CT molecular complexity index is 666. The van der Waals surface area contributed by atoms with Crippen LogP contribution in [0.3, 0.4) is 0 Å². The SMILES string of the molecule is COc1ccc([N+](=O)[O-])cc1NC(=O)C1CCN(C(=O)C(C)C)CC1. The Balaban J connectivity index is 2.02. The molecule has 2 rings (SSSR count). The zero-order chi connectivity index (χ0) is 18.6. The number of piperidine rings is 1. The Morgan fingerprint density at radius 2 is 1.96 bits per heavy atom. The zero-order valence-corrected chi connectivity index (χ0v) is 14.7. The second kappa shape index (κ2) is 7.96. The number of nitrogens with one attached hydrogen (secondary N) is 1. The van der Waals surface area contributed by atoms with Crippen molar-refractivity contribution in [3.63, 3.8) is 0 Å². The van der Waals surface area contributed by atoms with Crippen LogP contribution in [0.4, 0.5) is 11.4 Å². The van der Waals surface area contributed by atoms with Gasteiger partial charge in [-0.3, -0.25) is 19.7 Å². The number of anilines is 1. The van der Waals surface area contributed by atoms with E-state index in [2.05, 4.69) is 5.32 Å². The Labute approximate surface area is 146 Å². The van der Waals surface area contributed by atoms with Crippen LogP contribution < -0.4 is 10.1 Å². The first-order valence-corrected chi connectivity index (χ1v) is 8.25. The van der Waals surface area contributed by atoms with Gasteiger partial charge in [-0.2, -0.15) is 0 Å². The van der Waals surface area contributed by atoms with Crippen LogP contribution in [-0.2, 0) is 9.59 Å². The third-order valence-corrected chi connectivity index (χ3v) is 4.32. The molecule has 1 fully saturated rings. The van der Waals surface area contributed by atoms with Crippen molar-refractivity contribution in [2.75, 3.05) is 25.5 Å². The van der Waals surface area contributed by atoms with Crippen molar-refractivity contribution in [2.24, 2.45) is 11.8 Å². The van der Waals surface area contributed by atoms with Crippen molar-refractivity contribution in [2.45, 2.75) is 26.7 Å². The largest absolute Gasteiger partial charge is 0.495 e. The third-order valence-electron chi connectivity index (χ3n) is 4.32. The molecule has 0 aliphatic carbocycles. The van der Waals surface area contributed by atoms with Gasteiger partial charge in [0, 0.05) is 37.1 Å². The molecule has 1 aromatic carbocycles. The van der Waals surface area contributed by atoms with E-state index < -0.39 is 4.92 Å². The van der Waals surface area contributed by atoms with Crippen molar-refractivity contribution >= 4 is 23.2 Å². The second-order valence-corrected chi connectivity index (χ2v) is 6.39. The molecule has 0 atom stereocenters. The molecular formula is C17H23N3O5. The Morgan fingerprint density at radius 1 is 1.32 bits per heavy atom. The molecule has 8 heteroatoms. The maximum atomic E-state index is 12.5. The van der Waals surface area contributed by atoms with Crippen LogP contribution in [0, 0.1) is 22.0 Å². The van der Waals surface area contributed by atoms with Gasteiger partial charge in [0.2, 0.25) is 11.8 Å². The normalized spacial score (nSPS) is 15.1. The molecule has 1 heterocycles. The summed E-state index contributed by atoms with van der Waals surface area (Å²) in [4.78, 5) is 36.6. The highest BCUT2D eigenvalue weighted by Crippen LogP contribution is 2.30. The number of hydrogen-bond acceptors (Lipinski definition) is 5. The zero-order valence-electron chi connectivity index (χ0n) is 14.7. The average molecular weight is 349 g/mol. The number of rotatable bonds is 5. The van der Waals surface area contributed by atoms with Gasteiger partial charge >= 0.3 is 0 Å². The van der Waals surface area contributed by atoms with E-state index in [0.29, 0.717) is 31.7 Å². The number of methoxy groups -OCH3 is 1. The number of amides is 2. The van der Waals surface area contributed by atoms with E-state index in [4.69, 9.17) is 4.74 Å². The fourth-order valence-corrected chi connectivity index (χ4v) is 2.87. The van der Waals surface area contributed by atoms with Gasteiger partial charge in [0.25, 0.3) is 5.69 Å². The van der Waals surface area contributed by atoms with Crippen molar-refractivity contribution in [1.82, 2.24) is 4.90 Å². The predicted molar refractivity (Wildman–Crippen MR) is 92.4 cm³/mol. The third kappa shape index (κ3) is 4.46. The molecule has 0 aromatic heterocycles. The fraction of sp³-hybridized carbons (Fsp3) is 0.529. The summed E-state index contributed by atoms with van der Waals surface area (Å²) >= 11 is 0. The summed E-state index contributed by atoms with van der Waals surface area (Å²) in [5.74, 6) is -0.0410. The van der Waals surface area contributed by atoms with E-state index in [1.165, 1.54) is 25.3 Å². The monoisotopic (exact) mass is 349 g/mol. The summed E-state index contributed by atoms with van der Waals surface area (Å²) in [5.41, 5.74) is 0.163. The highest BCUT2D eigenvalue weighted by atomic mass is 16.6. The smallest absolute Gasteiger partial charge is 0.271 e. The van der Waals surface area contributed by atoms with Gasteiger partial charge in [0.1, 0.15) is 5.75 Å². The average Bonchev–Trinajstić information content (AvgIpc) is 2.60. The number of benzene rings is 1. The van der Waals surface area contributed by atoms with E-state index in [0.717, 1.165) is 0 Å². The van der Waals surface area contributed by atoms with Crippen molar-refractivity contribution < 1.29 is 19.2 Å². The predicted octanol–water partition coefficient (Wildman–Crippen LogP) is 2.44. The van der Waals surface area contributed by atoms with Gasteiger partial charge in [-0.25, -0.2) is 0 Å². The summed E-state index contributed by atoms with van der Waals surface area (Å²) in [6.45, 7) is 4.80. The minimum absolute atomic E-state index is 0.0560. The molecule has 0 unspecified atom stereocenters. The Kier molecular flexibility index (Phi) is 5.95. The number of hydrogen-bond donors (Lipinski definition) is 1. The van der Waals surface area contributed by atoms with Gasteiger partial charge in [-0.15, -0.1) is 0 Å². The molecule has 0 radical (unpaired) electrons. The number of ether oxygens (including phenoxy) is 1. The first-order chi connectivity index (χ1) is 11.8. The molecule has 1 saturated heterocycles. The number of carbonyl (C=O) groups excluding carboxylic acids is 2. The van der Waals surface area contributed by atoms with E-state index in [9.17, 15) is 19.7 Å². The van der Waals surface area contributed by atoms with Gasteiger partial charge < -0.3 is 15.0 Å². The lowest BCUT2D eigenvalue weighted by atomic mass is 9.95. The summed E-state index contributed by atoms with van der Waals surface area (Å²) in [6, 6.07) is 4.07. The number of nitro groups is 1. The van der Waals surface area contributed by atoms with Crippen LogP contribution >= 0.6 is 0 Å². The lowest BCUT2D eigenvalue weighted by molar-refractivity contribution is -0.384. The van der Waals surface area contributed by atoms with E-state index in [-0.39, 0.29) is 35.0 Å². The van der Waals surface area contributed by atoms with Crippen molar-refractivity contribution in [3.8, 4) is 5.75 Å². The van der Waals surface area contributed by atoms with Gasteiger partial charge in [-0.05, 0) is 18.9 Å². The highest BCUT2D eigenvalue weighted by molar-refractivity contribution is 5.94. The molecule has 0 saturated carbocycles. The second-order valence-electron chi connectivity index (χ2n) is 6.39. The van der Waals surface area contributed by atoms with E-state index in [1.807, 2.05) is 13.8 Å². The highest BCUT2D eigenvalue weighted by Gasteiger charge is 2.28. The van der Waals surface area contributed by atoms with Crippen molar-refractivity contribution in [1.29, 1.82) is 0 Å². The molecule has 1 aliphatic heterocycles. The minimum atomic E-state index is -0.523. The van der Waals surface area contributed by atoms with Crippen LogP contribution in [0.5, 0.6) is 5.75 Å². The van der Waals surface area contributed by atoms with Crippen LogP contribution in [0.2, 0.25) is 0 Å². The molecule has 1 aliphatic rings. The van der Waals surface area contributed by atoms with Gasteiger partial charge in [0.05, 0.1) is 17.7 Å². The summed E-state index contributed by atoms with van der Waals surface area (Å²) < 4.78 is 5.15. The first kappa shape index (κ1) is 18.7. The molecule has 0 bridgehead atoms. The summed E-state index contributed by atoms with van der Waals surface area (Å²) in [7, 11) is 1.44. The summed E-state index contributed by atoms with van der Waals surface area (Å²) in [5, 5.41) is 13.6. The number of nitro benzene ring substituents is 1. The Morgan fingerprint density at radius 3 is 2.48 bits per heavy atom. The molecular weight excluding hydrogens is 326 g/mol. The number of carbonyl (C=O) groups is 2. The molecule has 0 spiro atoms. The topological polar surface area (TPSA) is 102 Å². The lowest BCUT2D eigenvalue weighted by Crippen LogP contribution is -2.43. The van der Waals surface area contributed by atoms with Gasteiger partial charge in [0.15, 0.2) is 0 Å². The van der Waals surface area contributed by atoms with E-state index >= 15 is 0 Å². The molecule has 136 valence electrons. The van der Waals surface area contributed by atoms with Crippen LogP contribution in [0.25, 0.3) is 0 Å². The lowest BCUT2D eigenvalue weighted by Gasteiger charge is -2.32. The van der Waals surface area contributed by atoms with E-state index in [1.54, 1.807) is 4.90 Å². The number of likely N-dealkylation sites (tertiary alicyclic amines) is 1. The molecule has 1 aromatic rings. The van der Waals surface area contributed by atoms with Crippen molar-refractivity contribution in [3.05, 3.63) is 28.3 Å². The first-order valence-electron chi connectivity index (χ1n) is 8.25. The van der Waals surface area contributed by atoms with Crippen LogP contribution in [0.1, 0.15) is 26.7 Å². The van der Waals surface area contributed by atoms with Crippen LogP contribution in [0.15, 0.2) is 18.2 Å². The maximum Gasteiger partial charge on any atom is 0.271 e. The van der Waals surface area contributed by atoms with Crippen LogP contribution in [-0.4, -0.2) is 41.8 Å².